The van der Waals surface area contributed by atoms with Crippen molar-refractivity contribution in [2.75, 3.05) is 30.1 Å². The molecule has 24 heavy (non-hydrogen) atoms. The minimum absolute atomic E-state index is 0. The van der Waals surface area contributed by atoms with Crippen LogP contribution in [0.3, 0.4) is 0 Å². The largest absolute Gasteiger partial charge is 0.351 e. The number of hydrogen-bond acceptors (Lipinski definition) is 4. The van der Waals surface area contributed by atoms with Crippen LogP contribution in [-0.4, -0.2) is 39.7 Å². The topological polar surface area (TPSA) is 87.3 Å². The van der Waals surface area contributed by atoms with Gasteiger partial charge in [0.05, 0.1) is 17.0 Å². The van der Waals surface area contributed by atoms with E-state index in [4.69, 9.17) is 0 Å². The first-order chi connectivity index (χ1) is 10.9. The molecule has 1 heterocycles. The number of halogens is 1. The second-order valence-electron chi connectivity index (χ2n) is 6.29. The molecule has 0 bridgehead atoms. The maximum absolute atomic E-state index is 12.5. The highest BCUT2D eigenvalue weighted by atomic mass is 35.5. The van der Waals surface area contributed by atoms with Gasteiger partial charge in [0.2, 0.25) is 10.0 Å². The van der Waals surface area contributed by atoms with Crippen molar-refractivity contribution in [2.45, 2.75) is 26.7 Å². The Kier molecular flexibility index (Phi) is 7.51. The van der Waals surface area contributed by atoms with Gasteiger partial charge in [0.15, 0.2) is 0 Å². The molecule has 0 saturated carbocycles. The van der Waals surface area contributed by atoms with E-state index in [0.29, 0.717) is 17.8 Å². The lowest BCUT2D eigenvalue weighted by molar-refractivity contribution is 0.0923. The predicted octanol–water partition coefficient (Wildman–Crippen LogP) is 1.99. The van der Waals surface area contributed by atoms with Crippen LogP contribution in [-0.2, 0) is 10.0 Å². The summed E-state index contributed by atoms with van der Waals surface area (Å²) < 4.78 is 26.0. The van der Waals surface area contributed by atoms with Crippen molar-refractivity contribution in [3.8, 4) is 0 Å². The van der Waals surface area contributed by atoms with E-state index in [0.717, 1.165) is 25.9 Å². The van der Waals surface area contributed by atoms with E-state index in [1.54, 1.807) is 31.2 Å². The van der Waals surface area contributed by atoms with Crippen LogP contribution in [0.15, 0.2) is 24.3 Å². The lowest BCUT2D eigenvalue weighted by atomic mass is 9.81. The van der Waals surface area contributed by atoms with E-state index < -0.39 is 10.0 Å². The number of para-hydroxylation sites is 1. The Hall–Kier alpha value is -1.31. The van der Waals surface area contributed by atoms with Crippen molar-refractivity contribution in [1.82, 2.24) is 10.6 Å². The van der Waals surface area contributed by atoms with Crippen molar-refractivity contribution in [3.05, 3.63) is 29.8 Å². The van der Waals surface area contributed by atoms with Crippen molar-refractivity contribution >= 4 is 34.0 Å². The summed E-state index contributed by atoms with van der Waals surface area (Å²) in [7, 11) is -3.41. The maximum atomic E-state index is 12.5. The van der Waals surface area contributed by atoms with Gasteiger partial charge in [-0.25, -0.2) is 8.42 Å². The van der Waals surface area contributed by atoms with E-state index in [2.05, 4.69) is 22.3 Å². The molecular formula is C16H26ClN3O3S. The highest BCUT2D eigenvalue weighted by molar-refractivity contribution is 7.92. The molecule has 1 saturated heterocycles. The number of benzene rings is 1. The fourth-order valence-corrected chi connectivity index (χ4v) is 3.26. The third-order valence-electron chi connectivity index (χ3n) is 4.30. The number of hydrogen-bond donors (Lipinski definition) is 3. The SMILES string of the molecule is CCS(=O)(=O)Nc1ccccc1C(=O)NCC1(C)CCNCC1.Cl. The molecule has 1 aromatic rings. The van der Waals surface area contributed by atoms with E-state index in [-0.39, 0.29) is 29.5 Å². The van der Waals surface area contributed by atoms with Crippen LogP contribution in [0.5, 0.6) is 0 Å². The van der Waals surface area contributed by atoms with Gasteiger partial charge in [-0.1, -0.05) is 19.1 Å². The Balaban J connectivity index is 0.00000288. The molecule has 0 aromatic heterocycles. The van der Waals surface area contributed by atoms with E-state index in [9.17, 15) is 13.2 Å². The van der Waals surface area contributed by atoms with Crippen LogP contribution in [0, 0.1) is 5.41 Å². The van der Waals surface area contributed by atoms with E-state index in [1.165, 1.54) is 0 Å². The lowest BCUT2D eigenvalue weighted by Gasteiger charge is -2.34. The zero-order valence-corrected chi connectivity index (χ0v) is 15.7. The van der Waals surface area contributed by atoms with E-state index in [1.807, 2.05) is 0 Å². The van der Waals surface area contributed by atoms with Gasteiger partial charge in [-0.3, -0.25) is 9.52 Å². The first kappa shape index (κ1) is 20.7. The Bertz CT molecular complexity index is 658. The van der Waals surface area contributed by atoms with Crippen LogP contribution < -0.4 is 15.4 Å². The second kappa shape index (κ2) is 8.69. The third-order valence-corrected chi connectivity index (χ3v) is 5.59. The van der Waals surface area contributed by atoms with Gasteiger partial charge >= 0.3 is 0 Å². The minimum atomic E-state index is -3.41. The van der Waals surface area contributed by atoms with Gasteiger partial charge in [0.25, 0.3) is 5.91 Å². The summed E-state index contributed by atoms with van der Waals surface area (Å²) in [6, 6.07) is 6.67. The highest BCUT2D eigenvalue weighted by Gasteiger charge is 2.27. The number of amides is 1. The first-order valence-electron chi connectivity index (χ1n) is 7.94. The van der Waals surface area contributed by atoms with Gasteiger partial charge in [-0.15, -0.1) is 12.4 Å². The molecule has 0 aliphatic carbocycles. The van der Waals surface area contributed by atoms with Crippen LogP contribution in [0.2, 0.25) is 0 Å². The molecule has 3 N–H and O–H groups in total. The fourth-order valence-electron chi connectivity index (χ4n) is 2.61. The highest BCUT2D eigenvalue weighted by Crippen LogP contribution is 2.27. The quantitative estimate of drug-likeness (QED) is 0.709. The standard InChI is InChI=1S/C16H25N3O3S.ClH/c1-3-23(21,22)19-14-7-5-4-6-13(14)15(20)18-12-16(2)8-10-17-11-9-16;/h4-7,17,19H,3,8-12H2,1-2H3,(H,18,20);1H. The average molecular weight is 376 g/mol. The first-order valence-corrected chi connectivity index (χ1v) is 9.59. The Morgan fingerprint density at radius 1 is 1.25 bits per heavy atom. The van der Waals surface area contributed by atoms with Crippen LogP contribution in [0.4, 0.5) is 5.69 Å². The van der Waals surface area contributed by atoms with Gasteiger partial charge in [0, 0.05) is 6.54 Å². The summed E-state index contributed by atoms with van der Waals surface area (Å²) in [4.78, 5) is 12.5. The number of anilines is 1. The number of piperidine rings is 1. The normalized spacial score (nSPS) is 16.8. The van der Waals surface area contributed by atoms with Gasteiger partial charge in [-0.2, -0.15) is 0 Å². The summed E-state index contributed by atoms with van der Waals surface area (Å²) in [5.41, 5.74) is 0.753. The van der Waals surface area contributed by atoms with Crippen LogP contribution in [0.25, 0.3) is 0 Å². The molecule has 0 radical (unpaired) electrons. The molecular weight excluding hydrogens is 350 g/mol. The lowest BCUT2D eigenvalue weighted by Crippen LogP contribution is -2.43. The second-order valence-corrected chi connectivity index (χ2v) is 8.31. The Morgan fingerprint density at radius 2 is 1.88 bits per heavy atom. The van der Waals surface area contributed by atoms with Crippen molar-refractivity contribution < 1.29 is 13.2 Å². The van der Waals surface area contributed by atoms with Gasteiger partial charge in [-0.05, 0) is 50.4 Å². The molecule has 0 unspecified atom stereocenters. The van der Waals surface area contributed by atoms with Crippen molar-refractivity contribution in [2.24, 2.45) is 5.41 Å². The summed E-state index contributed by atoms with van der Waals surface area (Å²) in [6.45, 7) is 6.23. The molecule has 1 fully saturated rings. The molecule has 1 amide bonds. The molecule has 1 aliphatic heterocycles. The number of carbonyl (C=O) groups excluding carboxylic acids is 1. The molecule has 1 aromatic carbocycles. The van der Waals surface area contributed by atoms with Crippen molar-refractivity contribution in [1.29, 1.82) is 0 Å². The Labute approximate surface area is 150 Å². The van der Waals surface area contributed by atoms with Gasteiger partial charge < -0.3 is 10.6 Å². The molecule has 1 aliphatic rings. The zero-order valence-electron chi connectivity index (χ0n) is 14.1. The smallest absolute Gasteiger partial charge is 0.253 e. The summed E-state index contributed by atoms with van der Waals surface area (Å²) in [5.74, 6) is -0.284. The minimum Gasteiger partial charge on any atom is -0.351 e. The molecule has 0 spiro atoms. The predicted molar refractivity (Wildman–Crippen MR) is 99.3 cm³/mol. The monoisotopic (exact) mass is 375 g/mol. The maximum Gasteiger partial charge on any atom is 0.253 e. The molecule has 2 rings (SSSR count). The average Bonchev–Trinajstić information content (AvgIpc) is 2.54. The number of sulfonamides is 1. The van der Waals surface area contributed by atoms with Crippen LogP contribution in [0.1, 0.15) is 37.0 Å². The number of carbonyl (C=O) groups is 1. The van der Waals surface area contributed by atoms with Gasteiger partial charge in [0.1, 0.15) is 0 Å². The Morgan fingerprint density at radius 3 is 2.50 bits per heavy atom. The fraction of sp³-hybridized carbons (Fsp3) is 0.562. The molecule has 0 atom stereocenters. The van der Waals surface area contributed by atoms with Crippen LogP contribution >= 0.6 is 12.4 Å². The number of nitrogens with one attached hydrogen (secondary N) is 3. The summed E-state index contributed by atoms with van der Waals surface area (Å²) >= 11 is 0. The molecule has 6 nitrogen and oxygen atoms in total. The van der Waals surface area contributed by atoms with Crippen molar-refractivity contribution in [3.63, 3.8) is 0 Å². The third kappa shape index (κ3) is 5.65. The summed E-state index contributed by atoms with van der Waals surface area (Å²) in [6.07, 6.45) is 2.02. The molecule has 8 heteroatoms. The van der Waals surface area contributed by atoms with E-state index >= 15 is 0 Å². The zero-order chi connectivity index (χ0) is 16.9. The summed E-state index contributed by atoms with van der Waals surface area (Å²) in [5, 5.41) is 6.26. The number of rotatable bonds is 6. The molecule has 136 valence electrons.